The van der Waals surface area contributed by atoms with E-state index in [0.717, 1.165) is 18.4 Å². The second kappa shape index (κ2) is 6.67. The number of benzene rings is 1. The summed E-state index contributed by atoms with van der Waals surface area (Å²) in [5.74, 6) is -0.249. The predicted octanol–water partition coefficient (Wildman–Crippen LogP) is 1.10. The van der Waals surface area contributed by atoms with Gasteiger partial charge < -0.3 is 16.0 Å². The summed E-state index contributed by atoms with van der Waals surface area (Å²) in [5.41, 5.74) is 0.472. The number of carbonyl (C=O) groups is 2. The average Bonchev–Trinajstić information content (AvgIpc) is 3.11. The van der Waals surface area contributed by atoms with Gasteiger partial charge in [-0.2, -0.15) is 0 Å². The molecule has 0 bridgehead atoms. The Morgan fingerprint density at radius 1 is 1.40 bits per heavy atom. The predicted molar refractivity (Wildman–Crippen MR) is 91.1 cm³/mol. The monoisotopic (exact) mass is 347 g/mol. The third kappa shape index (κ3) is 3.14. The number of nitro benzene ring substituents is 1. The summed E-state index contributed by atoms with van der Waals surface area (Å²) < 4.78 is 0. The fourth-order valence-corrected chi connectivity index (χ4v) is 3.76. The van der Waals surface area contributed by atoms with Crippen molar-refractivity contribution in [2.75, 3.05) is 18.9 Å². The third-order valence-corrected chi connectivity index (χ3v) is 5.04. The molecule has 1 aromatic carbocycles. The Bertz CT molecular complexity index is 722. The number of hydrogen-bond acceptors (Lipinski definition) is 6. The van der Waals surface area contributed by atoms with Crippen LogP contribution in [0.1, 0.15) is 24.8 Å². The van der Waals surface area contributed by atoms with Crippen molar-refractivity contribution in [3.63, 3.8) is 0 Å². The van der Waals surface area contributed by atoms with Gasteiger partial charge in [-0.3, -0.25) is 20.2 Å². The van der Waals surface area contributed by atoms with Crippen molar-refractivity contribution in [3.8, 4) is 0 Å². The molecular weight excluding hydrogens is 326 g/mol. The lowest BCUT2D eigenvalue weighted by Crippen LogP contribution is -2.52. The molecule has 1 aliphatic heterocycles. The normalized spacial score (nSPS) is 25.1. The van der Waals surface area contributed by atoms with Crippen molar-refractivity contribution < 1.29 is 14.5 Å². The topological polar surface area (TPSA) is 125 Å². The Morgan fingerprint density at radius 2 is 2.20 bits per heavy atom. The maximum Gasteiger partial charge on any atom is 0.322 e. The molecule has 2 atom stereocenters. The van der Waals surface area contributed by atoms with Crippen LogP contribution in [0.2, 0.25) is 0 Å². The molecule has 1 saturated carbocycles. The highest BCUT2D eigenvalue weighted by atomic mass is 16.6. The van der Waals surface area contributed by atoms with Crippen molar-refractivity contribution in [3.05, 3.63) is 33.9 Å². The number of rotatable bonds is 6. The van der Waals surface area contributed by atoms with Crippen molar-refractivity contribution in [1.82, 2.24) is 16.0 Å². The molecule has 2 fully saturated rings. The van der Waals surface area contributed by atoms with Gasteiger partial charge in [0.2, 0.25) is 0 Å². The molecule has 1 aliphatic carbocycles. The van der Waals surface area contributed by atoms with Crippen LogP contribution in [-0.4, -0.2) is 36.0 Å². The highest BCUT2D eigenvalue weighted by Gasteiger charge is 2.53. The highest BCUT2D eigenvalue weighted by molar-refractivity contribution is 6.07. The van der Waals surface area contributed by atoms with Crippen LogP contribution in [0.25, 0.3) is 0 Å². The number of amides is 3. The molecule has 134 valence electrons. The fourth-order valence-electron chi connectivity index (χ4n) is 3.76. The third-order valence-electron chi connectivity index (χ3n) is 5.04. The molecule has 3 rings (SSSR count). The Kier molecular flexibility index (Phi) is 4.58. The summed E-state index contributed by atoms with van der Waals surface area (Å²) in [6.07, 6.45) is 2.36. The van der Waals surface area contributed by atoms with Crippen LogP contribution in [0.3, 0.4) is 0 Å². The van der Waals surface area contributed by atoms with Gasteiger partial charge in [-0.25, -0.2) is 4.79 Å². The number of nitrogens with one attached hydrogen (secondary N) is 4. The van der Waals surface area contributed by atoms with Crippen molar-refractivity contribution in [2.45, 2.75) is 31.3 Å². The maximum absolute atomic E-state index is 12.1. The molecule has 1 saturated heterocycles. The summed E-state index contributed by atoms with van der Waals surface area (Å²) >= 11 is 0. The van der Waals surface area contributed by atoms with E-state index in [1.165, 1.54) is 6.07 Å². The van der Waals surface area contributed by atoms with Gasteiger partial charge in [0.05, 0.1) is 4.92 Å². The van der Waals surface area contributed by atoms with E-state index in [-0.39, 0.29) is 17.5 Å². The van der Waals surface area contributed by atoms with Gasteiger partial charge in [0, 0.05) is 32.1 Å². The SMILES string of the molecule is CNc1ccc(CNC[C@@H]2CCC[C@@]23NC(=O)NC3=O)cc1[N+](=O)[O-]. The Hall–Kier alpha value is -2.68. The number of hydrogen-bond donors (Lipinski definition) is 4. The Balaban J connectivity index is 1.63. The maximum atomic E-state index is 12.1. The minimum Gasteiger partial charge on any atom is -0.383 e. The van der Waals surface area contributed by atoms with Crippen LogP contribution in [-0.2, 0) is 11.3 Å². The first kappa shape index (κ1) is 17.2. The Morgan fingerprint density at radius 3 is 2.84 bits per heavy atom. The quantitative estimate of drug-likeness (QED) is 0.347. The standard InChI is InChI=1S/C16H21N5O4/c1-17-12-5-4-10(7-13(12)21(24)25)8-18-9-11-3-2-6-16(11)14(22)19-15(23)20-16/h4-5,7,11,17-18H,2-3,6,8-9H2,1H3,(H2,19,20,22,23)/t11-,16+/m0/s1. The largest absolute Gasteiger partial charge is 0.383 e. The molecule has 0 aromatic heterocycles. The van der Waals surface area contributed by atoms with Gasteiger partial charge in [0.25, 0.3) is 11.6 Å². The first-order valence-corrected chi connectivity index (χ1v) is 8.25. The summed E-state index contributed by atoms with van der Waals surface area (Å²) in [5, 5.41) is 22.3. The second-order valence-electron chi connectivity index (χ2n) is 6.46. The molecule has 9 nitrogen and oxygen atoms in total. The zero-order valence-corrected chi connectivity index (χ0v) is 13.9. The lowest BCUT2D eigenvalue weighted by molar-refractivity contribution is -0.384. The first-order chi connectivity index (χ1) is 12.0. The molecule has 1 spiro atoms. The number of nitrogens with zero attached hydrogens (tertiary/aromatic N) is 1. The van der Waals surface area contributed by atoms with Gasteiger partial charge in [0.1, 0.15) is 11.2 Å². The minimum absolute atomic E-state index is 0.00511. The average molecular weight is 347 g/mol. The molecule has 1 heterocycles. The van der Waals surface area contributed by atoms with E-state index < -0.39 is 16.5 Å². The van der Waals surface area contributed by atoms with E-state index in [9.17, 15) is 19.7 Å². The number of urea groups is 1. The van der Waals surface area contributed by atoms with Gasteiger partial charge in [0.15, 0.2) is 0 Å². The lowest BCUT2D eigenvalue weighted by atomic mass is 9.87. The van der Waals surface area contributed by atoms with Crippen LogP contribution in [0.5, 0.6) is 0 Å². The number of carbonyl (C=O) groups excluding carboxylic acids is 2. The van der Waals surface area contributed by atoms with Crippen molar-refractivity contribution >= 4 is 23.3 Å². The van der Waals surface area contributed by atoms with E-state index in [4.69, 9.17) is 0 Å². The smallest absolute Gasteiger partial charge is 0.322 e. The first-order valence-electron chi connectivity index (χ1n) is 8.25. The van der Waals surface area contributed by atoms with Crippen LogP contribution in [0.15, 0.2) is 18.2 Å². The molecule has 3 amide bonds. The molecule has 0 radical (unpaired) electrons. The molecule has 9 heteroatoms. The van der Waals surface area contributed by atoms with Gasteiger partial charge in [-0.15, -0.1) is 0 Å². The van der Waals surface area contributed by atoms with Gasteiger partial charge in [-0.1, -0.05) is 12.5 Å². The summed E-state index contributed by atoms with van der Waals surface area (Å²) in [4.78, 5) is 34.3. The highest BCUT2D eigenvalue weighted by Crippen LogP contribution is 2.37. The summed E-state index contributed by atoms with van der Waals surface area (Å²) in [6, 6.07) is 4.60. The zero-order chi connectivity index (χ0) is 18.0. The fraction of sp³-hybridized carbons (Fsp3) is 0.500. The van der Waals surface area contributed by atoms with Crippen LogP contribution >= 0.6 is 0 Å². The number of imide groups is 1. The number of anilines is 1. The van der Waals surface area contributed by atoms with E-state index in [2.05, 4.69) is 21.3 Å². The second-order valence-corrected chi connectivity index (χ2v) is 6.46. The Labute approximate surface area is 144 Å². The van der Waals surface area contributed by atoms with E-state index in [1.54, 1.807) is 13.1 Å². The van der Waals surface area contributed by atoms with Crippen LogP contribution in [0, 0.1) is 16.0 Å². The van der Waals surface area contributed by atoms with Crippen LogP contribution < -0.4 is 21.3 Å². The van der Waals surface area contributed by atoms with E-state index >= 15 is 0 Å². The lowest BCUT2D eigenvalue weighted by Gasteiger charge is -2.28. The molecule has 1 aromatic rings. The van der Waals surface area contributed by atoms with E-state index in [1.807, 2.05) is 6.07 Å². The van der Waals surface area contributed by atoms with Gasteiger partial charge in [-0.05, 0) is 24.5 Å². The molecule has 25 heavy (non-hydrogen) atoms. The zero-order valence-electron chi connectivity index (χ0n) is 13.9. The van der Waals surface area contributed by atoms with Crippen molar-refractivity contribution in [2.24, 2.45) is 5.92 Å². The minimum atomic E-state index is -0.813. The summed E-state index contributed by atoms with van der Waals surface area (Å²) in [7, 11) is 1.64. The van der Waals surface area contributed by atoms with Gasteiger partial charge >= 0.3 is 6.03 Å². The number of nitro groups is 1. The molecule has 2 aliphatic rings. The molecule has 4 N–H and O–H groups in total. The van der Waals surface area contributed by atoms with E-state index in [0.29, 0.717) is 25.2 Å². The van der Waals surface area contributed by atoms with Crippen molar-refractivity contribution in [1.29, 1.82) is 0 Å². The molecular formula is C16H21N5O4. The summed E-state index contributed by atoms with van der Waals surface area (Å²) in [6.45, 7) is 1.00. The van der Waals surface area contributed by atoms with Crippen LogP contribution in [0.4, 0.5) is 16.2 Å². The molecule has 0 unspecified atom stereocenters.